The van der Waals surface area contributed by atoms with Gasteiger partial charge in [0.15, 0.2) is 0 Å². The molecule has 0 aromatic heterocycles. The number of alkyl halides is 6. The molecule has 33 heavy (non-hydrogen) atoms. The first-order valence-corrected chi connectivity index (χ1v) is 9.87. The van der Waals surface area contributed by atoms with Crippen LogP contribution in [0.5, 0.6) is 0 Å². The van der Waals surface area contributed by atoms with Gasteiger partial charge < -0.3 is 9.47 Å². The molecule has 0 aliphatic rings. The number of carbonyl (C=O) groups excluding carboxylic acids is 2. The third kappa shape index (κ3) is 5.31. The number of benzene rings is 2. The maximum atomic E-state index is 14.4. The summed E-state index contributed by atoms with van der Waals surface area (Å²) in [5.41, 5.74) is -7.96. The van der Waals surface area contributed by atoms with Crippen LogP contribution < -0.4 is 0 Å². The predicted octanol–water partition coefficient (Wildman–Crippen LogP) is 6.23. The summed E-state index contributed by atoms with van der Waals surface area (Å²) >= 11 is 0. The van der Waals surface area contributed by atoms with E-state index in [1.165, 1.54) is 27.7 Å². The van der Waals surface area contributed by atoms with Gasteiger partial charge >= 0.3 is 24.3 Å². The molecule has 0 radical (unpaired) electrons. The van der Waals surface area contributed by atoms with Crippen molar-refractivity contribution in [1.29, 1.82) is 0 Å². The predicted molar refractivity (Wildman–Crippen MR) is 107 cm³/mol. The van der Waals surface area contributed by atoms with Gasteiger partial charge in [-0.15, -0.1) is 0 Å². The van der Waals surface area contributed by atoms with Crippen LogP contribution in [0.1, 0.15) is 59.5 Å². The van der Waals surface area contributed by atoms with Crippen molar-refractivity contribution in [1.82, 2.24) is 0 Å². The minimum atomic E-state index is -5.88. The lowest BCUT2D eigenvalue weighted by molar-refractivity contribution is -0.288. The molecule has 0 aliphatic carbocycles. The maximum absolute atomic E-state index is 14.4. The summed E-state index contributed by atoms with van der Waals surface area (Å²) in [6.07, 6.45) is -13.0. The third-order valence-corrected chi connectivity index (χ3v) is 4.60. The molecule has 0 unspecified atom stereocenters. The third-order valence-electron chi connectivity index (χ3n) is 4.60. The standard InChI is InChI=1S/C23H22F6O4/c1-13(2)32-19(30)15-7-5-9-17(11-15)21(22(24,25)26,23(27,28)29)18-10-6-8-16(12-18)20(31)33-14(3)4/h5-14H,1-4H3. The molecule has 4 nitrogen and oxygen atoms in total. The Kier molecular flexibility index (Phi) is 7.50. The maximum Gasteiger partial charge on any atom is 0.411 e. The molecular weight excluding hydrogens is 454 g/mol. The van der Waals surface area contributed by atoms with E-state index in [9.17, 15) is 35.9 Å². The van der Waals surface area contributed by atoms with Gasteiger partial charge in [-0.05, 0) is 63.1 Å². The average molecular weight is 476 g/mol. The summed E-state index contributed by atoms with van der Waals surface area (Å²) in [4.78, 5) is 24.3. The molecule has 180 valence electrons. The molecule has 0 spiro atoms. The molecule has 0 saturated heterocycles. The van der Waals surface area contributed by atoms with E-state index >= 15 is 0 Å². The number of hydrogen-bond acceptors (Lipinski definition) is 4. The molecule has 0 fully saturated rings. The second-order valence-electron chi connectivity index (χ2n) is 7.82. The molecule has 0 atom stereocenters. The molecule has 0 heterocycles. The van der Waals surface area contributed by atoms with E-state index in [0.717, 1.165) is 24.3 Å². The van der Waals surface area contributed by atoms with Gasteiger partial charge in [0, 0.05) is 0 Å². The first kappa shape index (κ1) is 26.2. The van der Waals surface area contributed by atoms with Gasteiger partial charge in [-0.1, -0.05) is 24.3 Å². The second kappa shape index (κ2) is 9.44. The summed E-state index contributed by atoms with van der Waals surface area (Å²) < 4.78 is 96.1. The first-order chi connectivity index (χ1) is 15.1. The van der Waals surface area contributed by atoms with E-state index in [1.807, 2.05) is 0 Å². The van der Waals surface area contributed by atoms with Crippen LogP contribution >= 0.6 is 0 Å². The Hall–Kier alpha value is -3.04. The van der Waals surface area contributed by atoms with Crippen LogP contribution in [0.2, 0.25) is 0 Å². The number of ether oxygens (including phenoxy) is 2. The van der Waals surface area contributed by atoms with E-state index in [0.29, 0.717) is 24.3 Å². The van der Waals surface area contributed by atoms with Crippen LogP contribution in [0.15, 0.2) is 48.5 Å². The number of halogens is 6. The summed E-state index contributed by atoms with van der Waals surface area (Å²) in [5.74, 6) is -2.14. The number of rotatable bonds is 6. The lowest BCUT2D eigenvalue weighted by Crippen LogP contribution is -2.55. The van der Waals surface area contributed by atoms with Gasteiger partial charge in [-0.3, -0.25) is 0 Å². The molecule has 0 bridgehead atoms. The molecule has 2 aromatic rings. The van der Waals surface area contributed by atoms with Crippen molar-refractivity contribution in [3.8, 4) is 0 Å². The SMILES string of the molecule is CC(C)OC(=O)c1cccc(C(c2cccc(C(=O)OC(C)C)c2)(C(F)(F)F)C(F)(F)F)c1. The highest BCUT2D eigenvalue weighted by Gasteiger charge is 2.72. The van der Waals surface area contributed by atoms with E-state index in [1.54, 1.807) is 0 Å². The Balaban J connectivity index is 2.82. The molecule has 2 rings (SSSR count). The van der Waals surface area contributed by atoms with Gasteiger partial charge in [-0.25, -0.2) is 9.59 Å². The Morgan fingerprint density at radius 2 is 1.00 bits per heavy atom. The Morgan fingerprint density at radius 1 is 0.667 bits per heavy atom. The van der Waals surface area contributed by atoms with Crippen molar-refractivity contribution in [2.24, 2.45) is 0 Å². The minimum Gasteiger partial charge on any atom is -0.459 e. The fourth-order valence-electron chi connectivity index (χ4n) is 3.31. The van der Waals surface area contributed by atoms with Gasteiger partial charge in [0.2, 0.25) is 5.41 Å². The van der Waals surface area contributed by atoms with Crippen molar-refractivity contribution in [2.75, 3.05) is 0 Å². The topological polar surface area (TPSA) is 52.6 Å². The fourth-order valence-corrected chi connectivity index (χ4v) is 3.31. The van der Waals surface area contributed by atoms with Gasteiger partial charge in [0.1, 0.15) is 0 Å². The molecule has 0 amide bonds. The summed E-state index contributed by atoms with van der Waals surface area (Å²) in [6.45, 7) is 5.94. The zero-order chi connectivity index (χ0) is 25.2. The van der Waals surface area contributed by atoms with Crippen molar-refractivity contribution >= 4 is 11.9 Å². The van der Waals surface area contributed by atoms with Crippen molar-refractivity contribution in [3.63, 3.8) is 0 Å². The smallest absolute Gasteiger partial charge is 0.411 e. The Labute approximate surface area is 186 Å². The molecule has 0 aliphatic heterocycles. The summed E-state index contributed by atoms with van der Waals surface area (Å²) in [6, 6.07) is 6.21. The number of hydrogen-bond donors (Lipinski definition) is 0. The van der Waals surface area contributed by atoms with Crippen molar-refractivity contribution in [3.05, 3.63) is 70.8 Å². The highest BCUT2D eigenvalue weighted by molar-refractivity contribution is 5.90. The van der Waals surface area contributed by atoms with Crippen LogP contribution in [0, 0.1) is 0 Å². The van der Waals surface area contributed by atoms with Gasteiger partial charge in [0.05, 0.1) is 23.3 Å². The second-order valence-corrected chi connectivity index (χ2v) is 7.82. The van der Waals surface area contributed by atoms with Crippen LogP contribution in [-0.2, 0) is 14.9 Å². The van der Waals surface area contributed by atoms with Crippen molar-refractivity contribution in [2.45, 2.75) is 57.7 Å². The summed E-state index contributed by atoms with van der Waals surface area (Å²) in [7, 11) is 0. The molecule has 2 aromatic carbocycles. The molecule has 0 N–H and O–H groups in total. The normalized spacial score (nSPS) is 12.7. The molecule has 10 heteroatoms. The van der Waals surface area contributed by atoms with Crippen LogP contribution in [0.3, 0.4) is 0 Å². The lowest BCUT2D eigenvalue weighted by atomic mass is 9.72. The first-order valence-electron chi connectivity index (χ1n) is 9.87. The van der Waals surface area contributed by atoms with Crippen molar-refractivity contribution < 1.29 is 45.4 Å². The highest BCUT2D eigenvalue weighted by Crippen LogP contribution is 2.56. The molecular formula is C23H22F6O4. The van der Waals surface area contributed by atoms with E-state index < -0.39 is 64.2 Å². The van der Waals surface area contributed by atoms with Gasteiger partial charge in [-0.2, -0.15) is 26.3 Å². The van der Waals surface area contributed by atoms with E-state index in [-0.39, 0.29) is 0 Å². The lowest BCUT2D eigenvalue weighted by Gasteiger charge is -2.38. The fraction of sp³-hybridized carbons (Fsp3) is 0.391. The largest absolute Gasteiger partial charge is 0.459 e. The number of esters is 2. The Bertz CT molecular complexity index is 927. The van der Waals surface area contributed by atoms with Crippen LogP contribution in [-0.4, -0.2) is 36.5 Å². The minimum absolute atomic E-state index is 0.477. The average Bonchev–Trinajstić information content (AvgIpc) is 2.65. The monoisotopic (exact) mass is 476 g/mol. The van der Waals surface area contributed by atoms with E-state index in [4.69, 9.17) is 9.47 Å². The zero-order valence-corrected chi connectivity index (χ0v) is 18.2. The summed E-state index contributed by atoms with van der Waals surface area (Å²) in [5, 5.41) is 0. The van der Waals surface area contributed by atoms with Crippen LogP contribution in [0.4, 0.5) is 26.3 Å². The van der Waals surface area contributed by atoms with Gasteiger partial charge in [0.25, 0.3) is 0 Å². The quantitative estimate of drug-likeness (QED) is 0.367. The Morgan fingerprint density at radius 3 is 1.27 bits per heavy atom. The highest BCUT2D eigenvalue weighted by atomic mass is 19.4. The molecule has 0 saturated carbocycles. The van der Waals surface area contributed by atoms with E-state index in [2.05, 4.69) is 0 Å². The zero-order valence-electron chi connectivity index (χ0n) is 18.2. The van der Waals surface area contributed by atoms with Crippen LogP contribution in [0.25, 0.3) is 0 Å². The number of carbonyl (C=O) groups is 2.